The van der Waals surface area contributed by atoms with Crippen molar-refractivity contribution in [2.75, 3.05) is 13.2 Å². The molecule has 31 heavy (non-hydrogen) atoms. The molecule has 0 aromatic heterocycles. The Morgan fingerprint density at radius 1 is 1.00 bits per heavy atom. The summed E-state index contributed by atoms with van der Waals surface area (Å²) >= 11 is 3.35. The molecule has 0 amide bonds. The Bertz CT molecular complexity index is 932. The van der Waals surface area contributed by atoms with Crippen LogP contribution in [0.1, 0.15) is 36.9 Å². The van der Waals surface area contributed by atoms with Gasteiger partial charge in [-0.25, -0.2) is 9.59 Å². The Labute approximate surface area is 188 Å². The maximum absolute atomic E-state index is 13.3. The van der Waals surface area contributed by atoms with Crippen molar-refractivity contribution in [3.63, 3.8) is 0 Å². The molecular weight excluding hydrogens is 468 g/mol. The number of carbonyl (C=O) groups excluding carboxylic acids is 2. The van der Waals surface area contributed by atoms with Crippen molar-refractivity contribution < 1.29 is 24.0 Å². The van der Waals surface area contributed by atoms with E-state index in [0.29, 0.717) is 11.1 Å². The molecule has 8 nitrogen and oxygen atoms in total. The summed E-state index contributed by atoms with van der Waals surface area (Å²) in [5, 5.41) is 15.3. The Balaban J connectivity index is 2.27. The molecule has 1 aliphatic heterocycles. The normalized spacial score (nSPS) is 22.0. The summed E-state index contributed by atoms with van der Waals surface area (Å²) in [6.07, 6.45) is 0. The monoisotopic (exact) mass is 490 g/mol. The summed E-state index contributed by atoms with van der Waals surface area (Å²) in [5.74, 6) is -2.95. The molecular formula is C22H23BrN2O6. The van der Waals surface area contributed by atoms with Crippen molar-refractivity contribution >= 4 is 27.9 Å². The molecule has 1 fully saturated rings. The van der Waals surface area contributed by atoms with Gasteiger partial charge in [0, 0.05) is 9.40 Å². The number of hydrogen-bond acceptors (Lipinski definition) is 7. The Hall–Kier alpha value is -2.78. The van der Waals surface area contributed by atoms with E-state index in [-0.39, 0.29) is 13.2 Å². The summed E-state index contributed by atoms with van der Waals surface area (Å²) in [7, 11) is 0. The molecule has 1 N–H and O–H groups in total. The lowest BCUT2D eigenvalue weighted by molar-refractivity contribution is -0.527. The molecule has 3 rings (SSSR count). The number of benzene rings is 2. The third-order valence-electron chi connectivity index (χ3n) is 5.36. The molecule has 2 aromatic carbocycles. The zero-order valence-corrected chi connectivity index (χ0v) is 18.7. The van der Waals surface area contributed by atoms with E-state index in [0.717, 1.165) is 4.47 Å². The quantitative estimate of drug-likeness (QED) is 0.274. The van der Waals surface area contributed by atoms with E-state index in [1.165, 1.54) is 0 Å². The molecule has 2 aromatic rings. The second-order valence-electron chi connectivity index (χ2n) is 7.09. The predicted molar refractivity (Wildman–Crippen MR) is 116 cm³/mol. The van der Waals surface area contributed by atoms with Gasteiger partial charge in [0.2, 0.25) is 11.6 Å². The van der Waals surface area contributed by atoms with Crippen molar-refractivity contribution in [3.05, 3.63) is 80.3 Å². The fourth-order valence-corrected chi connectivity index (χ4v) is 4.38. The van der Waals surface area contributed by atoms with E-state index in [1.54, 1.807) is 68.4 Å². The van der Waals surface area contributed by atoms with Crippen LogP contribution >= 0.6 is 15.9 Å². The van der Waals surface area contributed by atoms with Gasteiger partial charge in [-0.1, -0.05) is 58.4 Å². The number of halogens is 1. The van der Waals surface area contributed by atoms with Crippen LogP contribution in [0.2, 0.25) is 0 Å². The first kappa shape index (κ1) is 22.9. The third kappa shape index (κ3) is 4.20. The zero-order chi connectivity index (χ0) is 22.6. The smallest absolute Gasteiger partial charge is 0.339 e. The van der Waals surface area contributed by atoms with Gasteiger partial charge in [-0.05, 0) is 37.1 Å². The highest BCUT2D eigenvalue weighted by molar-refractivity contribution is 9.10. The van der Waals surface area contributed by atoms with E-state index < -0.39 is 40.4 Å². The van der Waals surface area contributed by atoms with Crippen molar-refractivity contribution in [2.24, 2.45) is 0 Å². The summed E-state index contributed by atoms with van der Waals surface area (Å²) in [6, 6.07) is 13.2. The van der Waals surface area contributed by atoms with Gasteiger partial charge in [0.15, 0.2) is 0 Å². The van der Waals surface area contributed by atoms with Gasteiger partial charge in [0.05, 0.1) is 19.1 Å². The molecule has 1 aliphatic rings. The van der Waals surface area contributed by atoms with Gasteiger partial charge in [0.25, 0.3) is 0 Å². The van der Waals surface area contributed by atoms with Crippen molar-refractivity contribution in [1.82, 2.24) is 5.32 Å². The van der Waals surface area contributed by atoms with Crippen LogP contribution in [0, 0.1) is 10.1 Å². The summed E-state index contributed by atoms with van der Waals surface area (Å²) in [6.45, 7) is 3.24. The summed E-state index contributed by atoms with van der Waals surface area (Å²) in [4.78, 5) is 38.4. The van der Waals surface area contributed by atoms with Crippen LogP contribution in [-0.4, -0.2) is 41.7 Å². The molecule has 0 spiro atoms. The molecule has 0 aliphatic carbocycles. The van der Waals surface area contributed by atoms with Crippen molar-refractivity contribution in [3.8, 4) is 0 Å². The lowest BCUT2D eigenvalue weighted by Crippen LogP contribution is -2.60. The van der Waals surface area contributed by atoms with Crippen LogP contribution in [0.4, 0.5) is 0 Å². The molecule has 0 radical (unpaired) electrons. The molecule has 0 bridgehead atoms. The Morgan fingerprint density at radius 2 is 1.55 bits per heavy atom. The standard InChI is InChI=1S/C22H23BrN2O6/c1-3-30-20(26)22(21(27)31-4-2)17(14-10-12-16(23)13-11-14)19(25(28)29)18(24-22)15-8-6-5-7-9-15/h5-13,17-19,24H,3-4H2,1-2H3/t17-,18+,19-/m0/s1. The summed E-state index contributed by atoms with van der Waals surface area (Å²) in [5.41, 5.74) is -1.03. The molecule has 0 saturated carbocycles. The number of hydrogen-bond donors (Lipinski definition) is 1. The number of nitro groups is 1. The van der Waals surface area contributed by atoms with Gasteiger partial charge < -0.3 is 9.47 Å². The Kier molecular flexibility index (Phi) is 7.07. The van der Waals surface area contributed by atoms with Crippen LogP contribution in [0.15, 0.2) is 59.1 Å². The number of ether oxygens (including phenoxy) is 2. The highest BCUT2D eigenvalue weighted by Gasteiger charge is 2.69. The number of esters is 2. The van der Waals surface area contributed by atoms with Crippen LogP contribution in [0.5, 0.6) is 0 Å². The van der Waals surface area contributed by atoms with E-state index in [9.17, 15) is 19.7 Å². The fourth-order valence-electron chi connectivity index (χ4n) is 4.12. The molecule has 9 heteroatoms. The number of carbonyl (C=O) groups is 2. The minimum absolute atomic E-state index is 0.00780. The van der Waals surface area contributed by atoms with Crippen LogP contribution in [-0.2, 0) is 19.1 Å². The molecule has 0 unspecified atom stereocenters. The number of nitrogens with zero attached hydrogens (tertiary/aromatic N) is 1. The Morgan fingerprint density at radius 3 is 2.03 bits per heavy atom. The van der Waals surface area contributed by atoms with Gasteiger partial charge in [-0.2, -0.15) is 0 Å². The lowest BCUT2D eigenvalue weighted by Gasteiger charge is -2.30. The molecule has 3 atom stereocenters. The second-order valence-corrected chi connectivity index (χ2v) is 8.00. The van der Waals surface area contributed by atoms with Gasteiger partial charge >= 0.3 is 11.9 Å². The zero-order valence-electron chi connectivity index (χ0n) is 17.1. The van der Waals surface area contributed by atoms with Gasteiger partial charge in [-0.15, -0.1) is 0 Å². The topological polar surface area (TPSA) is 108 Å². The highest BCUT2D eigenvalue weighted by atomic mass is 79.9. The largest absolute Gasteiger partial charge is 0.464 e. The van der Waals surface area contributed by atoms with Crippen LogP contribution in [0.25, 0.3) is 0 Å². The molecule has 164 valence electrons. The minimum Gasteiger partial charge on any atom is -0.464 e. The average Bonchev–Trinajstić information content (AvgIpc) is 3.13. The van der Waals surface area contributed by atoms with Crippen molar-refractivity contribution in [2.45, 2.75) is 37.4 Å². The predicted octanol–water partition coefficient (Wildman–Crippen LogP) is 3.39. The van der Waals surface area contributed by atoms with E-state index >= 15 is 0 Å². The van der Waals surface area contributed by atoms with E-state index in [2.05, 4.69) is 21.2 Å². The maximum atomic E-state index is 13.3. The first-order valence-corrected chi connectivity index (χ1v) is 10.7. The summed E-state index contributed by atoms with van der Waals surface area (Å²) < 4.78 is 11.3. The first-order chi connectivity index (χ1) is 14.9. The highest BCUT2D eigenvalue weighted by Crippen LogP contribution is 2.47. The van der Waals surface area contributed by atoms with Crippen LogP contribution < -0.4 is 5.32 Å². The fraction of sp³-hybridized carbons (Fsp3) is 0.364. The molecule has 1 heterocycles. The van der Waals surface area contributed by atoms with Gasteiger partial charge in [0.1, 0.15) is 6.04 Å². The molecule has 1 saturated heterocycles. The lowest BCUT2D eigenvalue weighted by atomic mass is 9.77. The van der Waals surface area contributed by atoms with Crippen molar-refractivity contribution in [1.29, 1.82) is 0 Å². The van der Waals surface area contributed by atoms with E-state index in [4.69, 9.17) is 9.47 Å². The minimum atomic E-state index is -2.07. The maximum Gasteiger partial charge on any atom is 0.339 e. The third-order valence-corrected chi connectivity index (χ3v) is 5.89. The average molecular weight is 491 g/mol. The van der Waals surface area contributed by atoms with Crippen LogP contribution in [0.3, 0.4) is 0 Å². The van der Waals surface area contributed by atoms with E-state index in [1.807, 2.05) is 0 Å². The van der Waals surface area contributed by atoms with Gasteiger partial charge in [-0.3, -0.25) is 15.4 Å². The first-order valence-electron chi connectivity index (χ1n) is 9.92. The second kappa shape index (κ2) is 9.57. The number of rotatable bonds is 7. The number of nitrogens with one attached hydrogen (secondary N) is 1. The SMILES string of the molecule is CCOC(=O)C1(C(=O)OCC)N[C@H](c2ccccc2)[C@@H]([N+](=O)[O-])[C@@H]1c1ccc(Br)cc1.